The summed E-state index contributed by atoms with van der Waals surface area (Å²) in [6.07, 6.45) is 5.75. The Labute approximate surface area is 145 Å². The first-order chi connectivity index (χ1) is 12.0. The molecule has 0 saturated carbocycles. The van der Waals surface area contributed by atoms with Crippen molar-refractivity contribution in [3.8, 4) is 0 Å². The van der Waals surface area contributed by atoms with Crippen molar-refractivity contribution in [1.82, 2.24) is 14.5 Å². The predicted octanol–water partition coefficient (Wildman–Crippen LogP) is 3.55. The van der Waals surface area contributed by atoms with E-state index in [9.17, 15) is 9.59 Å². The summed E-state index contributed by atoms with van der Waals surface area (Å²) < 4.78 is 6.94. The molecule has 0 fully saturated rings. The Balaban J connectivity index is 1.71. The predicted molar refractivity (Wildman–Crippen MR) is 94.9 cm³/mol. The summed E-state index contributed by atoms with van der Waals surface area (Å²) >= 11 is 0. The van der Waals surface area contributed by atoms with Crippen molar-refractivity contribution < 1.29 is 14.3 Å². The van der Waals surface area contributed by atoms with Crippen LogP contribution in [0.15, 0.2) is 36.9 Å². The fourth-order valence-electron chi connectivity index (χ4n) is 2.75. The van der Waals surface area contributed by atoms with Gasteiger partial charge in [0, 0.05) is 34.9 Å². The van der Waals surface area contributed by atoms with E-state index in [0.29, 0.717) is 5.56 Å². The maximum Gasteiger partial charge on any atom is 0.358 e. The highest BCUT2D eigenvalue weighted by Gasteiger charge is 2.17. The van der Waals surface area contributed by atoms with Crippen LogP contribution < -0.4 is 0 Å². The Morgan fingerprint density at radius 2 is 2.12 bits per heavy atom. The second-order valence-corrected chi connectivity index (χ2v) is 6.19. The SMILES string of the molecule is CCc1cccc2c(C(=O)COC(=O)c3cn(C(C)C)cn3)c[nH]c12. The third kappa shape index (κ3) is 3.33. The molecule has 25 heavy (non-hydrogen) atoms. The van der Waals surface area contributed by atoms with E-state index < -0.39 is 5.97 Å². The zero-order chi connectivity index (χ0) is 18.0. The van der Waals surface area contributed by atoms with Crippen LogP contribution in [0.3, 0.4) is 0 Å². The van der Waals surface area contributed by atoms with Crippen molar-refractivity contribution in [2.45, 2.75) is 33.2 Å². The van der Waals surface area contributed by atoms with Gasteiger partial charge in [-0.25, -0.2) is 9.78 Å². The molecule has 2 aromatic heterocycles. The van der Waals surface area contributed by atoms with Gasteiger partial charge < -0.3 is 14.3 Å². The molecule has 0 bridgehead atoms. The number of hydrogen-bond donors (Lipinski definition) is 1. The molecule has 0 radical (unpaired) electrons. The Bertz CT molecular complexity index is 921. The van der Waals surface area contributed by atoms with E-state index in [-0.39, 0.29) is 24.1 Å². The van der Waals surface area contributed by atoms with E-state index in [0.717, 1.165) is 22.9 Å². The molecule has 3 aromatic rings. The summed E-state index contributed by atoms with van der Waals surface area (Å²) in [6.45, 7) is 5.73. The topological polar surface area (TPSA) is 77.0 Å². The number of aromatic amines is 1. The molecular weight excluding hydrogens is 318 g/mol. The summed E-state index contributed by atoms with van der Waals surface area (Å²) in [5.74, 6) is -0.835. The molecule has 1 N–H and O–H groups in total. The molecular formula is C19H21N3O3. The van der Waals surface area contributed by atoms with Gasteiger partial charge in [0.2, 0.25) is 5.78 Å². The normalized spacial score (nSPS) is 11.2. The number of fused-ring (bicyclic) bond motifs is 1. The number of esters is 1. The fraction of sp³-hybridized carbons (Fsp3) is 0.316. The first kappa shape index (κ1) is 17.0. The lowest BCUT2D eigenvalue weighted by molar-refractivity contribution is 0.0469. The first-order valence-electron chi connectivity index (χ1n) is 8.34. The van der Waals surface area contributed by atoms with E-state index >= 15 is 0 Å². The third-order valence-corrected chi connectivity index (χ3v) is 4.22. The molecule has 6 nitrogen and oxygen atoms in total. The Kier molecular flexibility index (Phi) is 4.70. The van der Waals surface area contributed by atoms with Gasteiger partial charge in [0.25, 0.3) is 0 Å². The number of rotatable bonds is 6. The number of para-hydroxylation sites is 1. The summed E-state index contributed by atoms with van der Waals surface area (Å²) in [7, 11) is 0. The molecule has 2 heterocycles. The van der Waals surface area contributed by atoms with Crippen molar-refractivity contribution in [3.63, 3.8) is 0 Å². The van der Waals surface area contributed by atoms with Gasteiger partial charge >= 0.3 is 5.97 Å². The van der Waals surface area contributed by atoms with Gasteiger partial charge in [0.15, 0.2) is 12.3 Å². The molecule has 1 aromatic carbocycles. The average Bonchev–Trinajstić information content (AvgIpc) is 3.26. The molecule has 6 heteroatoms. The van der Waals surface area contributed by atoms with Crippen LogP contribution in [0.5, 0.6) is 0 Å². The van der Waals surface area contributed by atoms with Gasteiger partial charge in [-0.15, -0.1) is 0 Å². The van der Waals surface area contributed by atoms with Crippen LogP contribution >= 0.6 is 0 Å². The summed E-state index contributed by atoms with van der Waals surface area (Å²) in [5, 5.41) is 0.851. The van der Waals surface area contributed by atoms with Crippen LogP contribution in [0.1, 0.15) is 53.2 Å². The highest BCUT2D eigenvalue weighted by Crippen LogP contribution is 2.22. The zero-order valence-corrected chi connectivity index (χ0v) is 14.6. The van der Waals surface area contributed by atoms with E-state index in [1.54, 1.807) is 18.7 Å². The monoisotopic (exact) mass is 339 g/mol. The van der Waals surface area contributed by atoms with Gasteiger partial charge in [-0.05, 0) is 25.8 Å². The van der Waals surface area contributed by atoms with Gasteiger partial charge in [-0.3, -0.25) is 4.79 Å². The number of ketones is 1. The molecule has 0 saturated heterocycles. The number of carbonyl (C=O) groups excluding carboxylic acids is 2. The number of benzene rings is 1. The number of nitrogens with zero attached hydrogens (tertiary/aromatic N) is 2. The van der Waals surface area contributed by atoms with Crippen LogP contribution in [0, 0.1) is 0 Å². The molecule has 0 spiro atoms. The standard InChI is InChI=1S/C19H21N3O3/c1-4-13-6-5-7-14-15(8-20-18(13)14)17(23)10-25-19(24)16-9-22(11-21-16)12(2)3/h5-9,11-12,20H,4,10H2,1-3H3. The molecule has 0 aliphatic rings. The molecule has 0 unspecified atom stereocenters. The smallest absolute Gasteiger partial charge is 0.358 e. The van der Waals surface area contributed by atoms with E-state index in [1.165, 1.54) is 0 Å². The number of imidazole rings is 1. The molecule has 3 rings (SSSR count). The third-order valence-electron chi connectivity index (χ3n) is 4.22. The van der Waals surface area contributed by atoms with Crippen LogP contribution in [-0.2, 0) is 11.2 Å². The molecule has 0 amide bonds. The van der Waals surface area contributed by atoms with Gasteiger partial charge in [0.1, 0.15) is 0 Å². The van der Waals surface area contributed by atoms with Crippen LogP contribution in [0.4, 0.5) is 0 Å². The maximum absolute atomic E-state index is 12.4. The largest absolute Gasteiger partial charge is 0.453 e. The minimum atomic E-state index is -0.596. The zero-order valence-electron chi connectivity index (χ0n) is 14.6. The lowest BCUT2D eigenvalue weighted by Crippen LogP contribution is -2.14. The molecule has 0 aliphatic carbocycles. The number of ether oxygens (including phenoxy) is 1. The van der Waals surface area contributed by atoms with Crippen molar-refractivity contribution in [1.29, 1.82) is 0 Å². The highest BCUT2D eigenvalue weighted by atomic mass is 16.5. The van der Waals surface area contributed by atoms with Crippen molar-refractivity contribution in [2.75, 3.05) is 6.61 Å². The number of aryl methyl sites for hydroxylation is 1. The van der Waals surface area contributed by atoms with Crippen LogP contribution in [-0.4, -0.2) is 32.9 Å². The Hall–Kier alpha value is -2.89. The Morgan fingerprint density at radius 1 is 1.32 bits per heavy atom. The van der Waals surface area contributed by atoms with E-state index in [4.69, 9.17) is 4.74 Å². The van der Waals surface area contributed by atoms with E-state index in [1.807, 2.05) is 36.6 Å². The number of Topliss-reactive ketones (excluding diaryl/α,β-unsaturated/α-hetero) is 1. The Morgan fingerprint density at radius 3 is 2.80 bits per heavy atom. The van der Waals surface area contributed by atoms with Crippen molar-refractivity contribution in [3.05, 3.63) is 53.7 Å². The minimum absolute atomic E-state index is 0.202. The fourth-order valence-corrected chi connectivity index (χ4v) is 2.75. The summed E-state index contributed by atoms with van der Waals surface area (Å²) in [6, 6.07) is 6.05. The maximum atomic E-state index is 12.4. The second kappa shape index (κ2) is 6.93. The lowest BCUT2D eigenvalue weighted by Gasteiger charge is -2.04. The average molecular weight is 339 g/mol. The second-order valence-electron chi connectivity index (χ2n) is 6.19. The minimum Gasteiger partial charge on any atom is -0.453 e. The number of aromatic nitrogens is 3. The summed E-state index contributed by atoms with van der Waals surface area (Å²) in [5.41, 5.74) is 2.84. The van der Waals surface area contributed by atoms with Crippen molar-refractivity contribution in [2.24, 2.45) is 0 Å². The summed E-state index contributed by atoms with van der Waals surface area (Å²) in [4.78, 5) is 31.7. The van der Waals surface area contributed by atoms with Crippen LogP contribution in [0.25, 0.3) is 10.9 Å². The van der Waals surface area contributed by atoms with Crippen molar-refractivity contribution >= 4 is 22.7 Å². The van der Waals surface area contributed by atoms with Crippen LogP contribution in [0.2, 0.25) is 0 Å². The number of carbonyl (C=O) groups is 2. The van der Waals surface area contributed by atoms with Gasteiger partial charge in [-0.1, -0.05) is 25.1 Å². The lowest BCUT2D eigenvalue weighted by atomic mass is 10.1. The van der Waals surface area contributed by atoms with E-state index in [2.05, 4.69) is 16.9 Å². The first-order valence-corrected chi connectivity index (χ1v) is 8.34. The van der Waals surface area contributed by atoms with Gasteiger partial charge in [-0.2, -0.15) is 0 Å². The number of H-pyrrole nitrogens is 1. The highest BCUT2D eigenvalue weighted by molar-refractivity contribution is 6.09. The van der Waals surface area contributed by atoms with Gasteiger partial charge in [0.05, 0.1) is 6.33 Å². The number of nitrogens with one attached hydrogen (secondary N) is 1. The number of hydrogen-bond acceptors (Lipinski definition) is 4. The molecule has 0 atom stereocenters. The quantitative estimate of drug-likeness (QED) is 0.550. The molecule has 130 valence electrons. The molecule has 0 aliphatic heterocycles.